The number of halogens is 1. The first kappa shape index (κ1) is 24.9. The third-order valence-electron chi connectivity index (χ3n) is 4.16. The van der Waals surface area contributed by atoms with Gasteiger partial charge in [0.1, 0.15) is 5.75 Å². The Morgan fingerprint density at radius 3 is 2.50 bits per heavy atom. The number of ether oxygens (including phenoxy) is 2. The Morgan fingerprint density at radius 2 is 1.92 bits per heavy atom. The van der Waals surface area contributed by atoms with Gasteiger partial charge in [-0.15, -0.1) is 24.0 Å². The fourth-order valence-electron chi connectivity index (χ4n) is 2.77. The van der Waals surface area contributed by atoms with E-state index < -0.39 is 0 Å². The van der Waals surface area contributed by atoms with Gasteiger partial charge in [-0.1, -0.05) is 26.0 Å². The van der Waals surface area contributed by atoms with E-state index in [1.807, 2.05) is 19.1 Å². The number of guanidine groups is 1. The van der Waals surface area contributed by atoms with Gasteiger partial charge in [-0.25, -0.2) is 0 Å². The lowest BCUT2D eigenvalue weighted by Gasteiger charge is -2.31. The molecule has 2 N–H and O–H groups in total. The fourth-order valence-corrected chi connectivity index (χ4v) is 2.77. The lowest BCUT2D eigenvalue weighted by Crippen LogP contribution is -2.44. The minimum atomic E-state index is 0. The average Bonchev–Trinajstić information content (AvgIpc) is 2.66. The molecule has 1 atom stereocenters. The van der Waals surface area contributed by atoms with Crippen LogP contribution >= 0.6 is 24.0 Å². The van der Waals surface area contributed by atoms with Crippen molar-refractivity contribution in [1.29, 1.82) is 0 Å². The predicted octanol–water partition coefficient (Wildman–Crippen LogP) is 2.90. The van der Waals surface area contributed by atoms with Crippen LogP contribution in [0, 0.1) is 0 Å². The summed E-state index contributed by atoms with van der Waals surface area (Å²) in [4.78, 5) is 6.72. The summed E-state index contributed by atoms with van der Waals surface area (Å²) in [5.74, 6) is 1.67. The maximum atomic E-state index is 5.39. The molecule has 0 saturated heterocycles. The molecule has 26 heavy (non-hydrogen) atoms. The van der Waals surface area contributed by atoms with Crippen LogP contribution in [0.5, 0.6) is 5.75 Å². The van der Waals surface area contributed by atoms with E-state index >= 15 is 0 Å². The summed E-state index contributed by atoms with van der Waals surface area (Å²) in [5.41, 5.74) is 1.24. The highest BCUT2D eigenvalue weighted by Gasteiger charge is 2.19. The van der Waals surface area contributed by atoms with Gasteiger partial charge in [0, 0.05) is 26.7 Å². The third-order valence-corrected chi connectivity index (χ3v) is 4.16. The van der Waals surface area contributed by atoms with Crippen LogP contribution in [0.4, 0.5) is 0 Å². The lowest BCUT2D eigenvalue weighted by molar-refractivity contribution is 0.152. The van der Waals surface area contributed by atoms with E-state index in [0.29, 0.717) is 6.61 Å². The van der Waals surface area contributed by atoms with Crippen molar-refractivity contribution in [1.82, 2.24) is 15.5 Å². The number of rotatable bonds is 11. The van der Waals surface area contributed by atoms with E-state index in [0.717, 1.165) is 44.5 Å². The number of hydrogen-bond donors (Lipinski definition) is 2. The Hall–Kier alpha value is -1.06. The van der Waals surface area contributed by atoms with Gasteiger partial charge in [-0.3, -0.25) is 9.89 Å². The minimum absolute atomic E-state index is 0. The molecule has 1 unspecified atom stereocenters. The highest BCUT2D eigenvalue weighted by Crippen LogP contribution is 2.23. The molecule has 0 aliphatic carbocycles. The van der Waals surface area contributed by atoms with Crippen molar-refractivity contribution >= 4 is 29.9 Å². The minimum Gasteiger partial charge on any atom is -0.497 e. The maximum Gasteiger partial charge on any atom is 0.191 e. The third kappa shape index (κ3) is 8.55. The van der Waals surface area contributed by atoms with Crippen LogP contribution in [-0.4, -0.2) is 64.4 Å². The van der Waals surface area contributed by atoms with Crippen LogP contribution in [-0.2, 0) is 4.74 Å². The second kappa shape index (κ2) is 15.0. The van der Waals surface area contributed by atoms with Gasteiger partial charge in [0.05, 0.1) is 19.8 Å². The van der Waals surface area contributed by atoms with Gasteiger partial charge in [-0.2, -0.15) is 0 Å². The van der Waals surface area contributed by atoms with E-state index in [-0.39, 0.29) is 30.0 Å². The van der Waals surface area contributed by atoms with Crippen molar-refractivity contribution in [2.75, 3.05) is 53.6 Å². The molecule has 0 fully saturated rings. The topological polar surface area (TPSA) is 58.1 Å². The highest BCUT2D eigenvalue weighted by atomic mass is 127. The molecule has 0 aliphatic rings. The van der Waals surface area contributed by atoms with Gasteiger partial charge in [-0.05, 0) is 37.7 Å². The van der Waals surface area contributed by atoms with Gasteiger partial charge < -0.3 is 20.1 Å². The van der Waals surface area contributed by atoms with Crippen LogP contribution in [0.25, 0.3) is 0 Å². The highest BCUT2D eigenvalue weighted by molar-refractivity contribution is 14.0. The van der Waals surface area contributed by atoms with Gasteiger partial charge >= 0.3 is 0 Å². The van der Waals surface area contributed by atoms with Crippen LogP contribution in [0.1, 0.15) is 32.4 Å². The zero-order valence-electron chi connectivity index (χ0n) is 16.7. The first-order chi connectivity index (χ1) is 12.2. The molecular formula is C19H35IN4O2. The number of benzene rings is 1. The molecule has 0 saturated carbocycles. The predicted molar refractivity (Wildman–Crippen MR) is 120 cm³/mol. The van der Waals surface area contributed by atoms with E-state index in [9.17, 15) is 0 Å². The number of likely N-dealkylation sites (N-methyl/N-ethyl adjacent to an activating group) is 1. The summed E-state index contributed by atoms with van der Waals surface area (Å²) in [6.07, 6.45) is 0. The average molecular weight is 478 g/mol. The molecule has 0 spiro atoms. The Kier molecular flexibility index (Phi) is 14.4. The van der Waals surface area contributed by atoms with Gasteiger partial charge in [0.25, 0.3) is 0 Å². The summed E-state index contributed by atoms with van der Waals surface area (Å²) in [6.45, 7) is 11.2. The molecular weight excluding hydrogens is 443 g/mol. The Labute approximate surface area is 175 Å². The molecule has 0 amide bonds. The number of methoxy groups -OCH3 is 1. The molecule has 0 radical (unpaired) electrons. The van der Waals surface area contributed by atoms with Crippen molar-refractivity contribution in [3.63, 3.8) is 0 Å². The second-order valence-corrected chi connectivity index (χ2v) is 5.59. The smallest absolute Gasteiger partial charge is 0.191 e. The molecule has 0 aromatic heterocycles. The number of nitrogens with one attached hydrogen (secondary N) is 2. The standard InChI is InChI=1S/C19H34N4O2.HI/c1-6-23(7-2)18(16-10-9-11-17(14-16)24-5)15-22-19(20-4)21-12-13-25-8-3;/h9-11,14,18H,6-8,12-13,15H2,1-5H3,(H2,20,21,22);1H. The SMILES string of the molecule is CCOCCNC(=NC)NCC(c1cccc(OC)c1)N(CC)CC.I. The number of nitrogens with zero attached hydrogens (tertiary/aromatic N) is 2. The molecule has 1 rings (SSSR count). The molecule has 0 heterocycles. The largest absolute Gasteiger partial charge is 0.497 e. The number of hydrogen-bond acceptors (Lipinski definition) is 4. The normalized spacial score (nSPS) is 12.5. The summed E-state index contributed by atoms with van der Waals surface area (Å²) in [7, 11) is 3.49. The van der Waals surface area contributed by atoms with Crippen LogP contribution in [0.3, 0.4) is 0 Å². The Bertz CT molecular complexity index is 510. The molecule has 1 aromatic rings. The Morgan fingerprint density at radius 1 is 1.19 bits per heavy atom. The van der Waals surface area contributed by atoms with Crippen molar-refractivity contribution in [2.45, 2.75) is 26.8 Å². The van der Waals surface area contributed by atoms with Gasteiger partial charge in [0.15, 0.2) is 5.96 Å². The zero-order chi connectivity index (χ0) is 18.5. The van der Waals surface area contributed by atoms with Gasteiger partial charge in [0.2, 0.25) is 0 Å². The van der Waals surface area contributed by atoms with E-state index in [2.05, 4.69) is 46.5 Å². The molecule has 0 aliphatic heterocycles. The monoisotopic (exact) mass is 478 g/mol. The summed E-state index contributed by atoms with van der Waals surface area (Å²) in [5, 5.41) is 6.71. The van der Waals surface area contributed by atoms with Crippen molar-refractivity contribution in [3.8, 4) is 5.75 Å². The van der Waals surface area contributed by atoms with E-state index in [1.54, 1.807) is 14.2 Å². The lowest BCUT2D eigenvalue weighted by atomic mass is 10.0. The second-order valence-electron chi connectivity index (χ2n) is 5.59. The summed E-state index contributed by atoms with van der Waals surface area (Å²) < 4.78 is 10.7. The maximum absolute atomic E-state index is 5.39. The van der Waals surface area contributed by atoms with Crippen molar-refractivity contribution in [2.24, 2.45) is 4.99 Å². The van der Waals surface area contributed by atoms with Crippen LogP contribution in [0.15, 0.2) is 29.3 Å². The molecule has 7 heteroatoms. The quantitative estimate of drug-likeness (QED) is 0.222. The first-order valence-corrected chi connectivity index (χ1v) is 9.10. The molecule has 0 bridgehead atoms. The fraction of sp³-hybridized carbons (Fsp3) is 0.632. The van der Waals surface area contributed by atoms with Crippen LogP contribution < -0.4 is 15.4 Å². The molecule has 150 valence electrons. The zero-order valence-corrected chi connectivity index (χ0v) is 19.1. The molecule has 1 aromatic carbocycles. The summed E-state index contributed by atoms with van der Waals surface area (Å²) >= 11 is 0. The molecule has 6 nitrogen and oxygen atoms in total. The van der Waals surface area contributed by atoms with E-state index in [1.165, 1.54) is 5.56 Å². The van der Waals surface area contributed by atoms with E-state index in [4.69, 9.17) is 9.47 Å². The summed E-state index contributed by atoms with van der Waals surface area (Å²) in [6, 6.07) is 8.52. The first-order valence-electron chi connectivity index (χ1n) is 9.10. The number of aliphatic imine (C=N–C) groups is 1. The van der Waals surface area contributed by atoms with Crippen LogP contribution in [0.2, 0.25) is 0 Å². The van der Waals surface area contributed by atoms with Crippen molar-refractivity contribution in [3.05, 3.63) is 29.8 Å². The Balaban J connectivity index is 0.00000625. The van der Waals surface area contributed by atoms with Crippen molar-refractivity contribution < 1.29 is 9.47 Å².